The summed E-state index contributed by atoms with van der Waals surface area (Å²) in [5, 5.41) is 20.7. The van der Waals surface area contributed by atoms with E-state index in [4.69, 9.17) is 18.9 Å². The molecule has 0 aromatic heterocycles. The van der Waals surface area contributed by atoms with Crippen LogP contribution in [0.2, 0.25) is 0 Å². The van der Waals surface area contributed by atoms with Crippen LogP contribution in [0.3, 0.4) is 0 Å². The molecule has 0 saturated carbocycles. The van der Waals surface area contributed by atoms with Crippen LogP contribution in [0.4, 0.5) is 0 Å². The molecule has 0 radical (unpaired) electrons. The fraction of sp³-hybridized carbons (Fsp3) is 0.535. The van der Waals surface area contributed by atoms with Crippen molar-refractivity contribution in [3.05, 3.63) is 67.8 Å². The van der Waals surface area contributed by atoms with Gasteiger partial charge in [-0.3, -0.25) is 9.80 Å². The average molecular weight is 687 g/mol. The van der Waals surface area contributed by atoms with E-state index in [0.717, 1.165) is 80.3 Å². The molecular formula is C43H50N4O4. The largest absolute Gasteiger partial charge is 0.493 e. The van der Waals surface area contributed by atoms with E-state index in [1.54, 1.807) is 14.2 Å². The van der Waals surface area contributed by atoms with Crippen LogP contribution in [0, 0.1) is 36.5 Å². The average Bonchev–Trinajstić information content (AvgIpc) is 3.88. The van der Waals surface area contributed by atoms with Crippen molar-refractivity contribution < 1.29 is 18.9 Å². The Morgan fingerprint density at radius 1 is 0.686 bits per heavy atom. The van der Waals surface area contributed by atoms with Gasteiger partial charge in [0.15, 0.2) is 34.5 Å². The van der Waals surface area contributed by atoms with E-state index in [0.29, 0.717) is 34.1 Å². The third kappa shape index (κ3) is 4.90. The number of benzene rings is 3. The summed E-state index contributed by atoms with van der Waals surface area (Å²) in [6.45, 7) is 19.0. The van der Waals surface area contributed by atoms with Crippen LogP contribution in [-0.4, -0.2) is 50.2 Å². The van der Waals surface area contributed by atoms with Crippen LogP contribution in [0.5, 0.6) is 34.5 Å². The highest BCUT2D eigenvalue weighted by atomic mass is 16.6. The standard InChI is InChI=1S/C43H50N4O4/c1-25-26(2)28(20-45)40-39(27(25)19-44)50-34-18-32-36(30(38(34)51-40)22-47-15-11-12-16-47)43(24-42(32,5)6)23-41(3,4)31-17-33(48-7)37(49-8)29(35(31)43)21-46-13-9-10-14-46/h17-18H,9-16,21-24H2,1-8H3. The topological polar surface area (TPSA) is 91.0 Å². The van der Waals surface area contributed by atoms with E-state index in [-0.39, 0.29) is 16.2 Å². The zero-order valence-electron chi connectivity index (χ0n) is 31.6. The van der Waals surface area contributed by atoms with Gasteiger partial charge in [-0.25, -0.2) is 0 Å². The van der Waals surface area contributed by atoms with Gasteiger partial charge in [0.1, 0.15) is 23.3 Å². The fourth-order valence-electron chi connectivity index (χ4n) is 10.6. The maximum absolute atomic E-state index is 10.4. The molecule has 0 N–H and O–H groups in total. The molecule has 8 rings (SSSR count). The molecule has 5 aliphatic rings. The molecular weight excluding hydrogens is 636 g/mol. The lowest BCUT2D eigenvalue weighted by atomic mass is 9.70. The Morgan fingerprint density at radius 3 is 1.69 bits per heavy atom. The number of methoxy groups -OCH3 is 2. The van der Waals surface area contributed by atoms with Crippen molar-refractivity contribution in [2.75, 3.05) is 40.4 Å². The summed E-state index contributed by atoms with van der Waals surface area (Å²) >= 11 is 0. The Kier molecular flexibility index (Phi) is 7.91. The van der Waals surface area contributed by atoms with E-state index < -0.39 is 0 Å². The molecule has 2 aliphatic carbocycles. The first kappa shape index (κ1) is 33.9. The number of fused-ring (bicyclic) bond motifs is 6. The highest BCUT2D eigenvalue weighted by Gasteiger charge is 2.59. The molecule has 51 heavy (non-hydrogen) atoms. The van der Waals surface area contributed by atoms with Crippen LogP contribution in [0.25, 0.3) is 0 Å². The second-order valence-corrected chi connectivity index (χ2v) is 16.9. The summed E-state index contributed by atoms with van der Waals surface area (Å²) in [6.07, 6.45) is 6.64. The van der Waals surface area contributed by atoms with Crippen LogP contribution >= 0.6 is 0 Å². The third-order valence-corrected chi connectivity index (χ3v) is 12.8. The van der Waals surface area contributed by atoms with Gasteiger partial charge in [-0.1, -0.05) is 27.7 Å². The van der Waals surface area contributed by atoms with Gasteiger partial charge in [-0.15, -0.1) is 0 Å². The Hall–Kier alpha value is -4.24. The van der Waals surface area contributed by atoms with E-state index >= 15 is 0 Å². The van der Waals surface area contributed by atoms with Gasteiger partial charge in [0.05, 0.1) is 14.2 Å². The quantitative estimate of drug-likeness (QED) is 0.199. The minimum atomic E-state index is -0.320. The molecule has 0 amide bonds. The fourth-order valence-corrected chi connectivity index (χ4v) is 10.6. The van der Waals surface area contributed by atoms with Crippen molar-refractivity contribution in [1.82, 2.24) is 9.80 Å². The summed E-state index contributed by atoms with van der Waals surface area (Å²) in [5.74, 6) is 3.65. The predicted molar refractivity (Wildman–Crippen MR) is 197 cm³/mol. The van der Waals surface area contributed by atoms with Crippen molar-refractivity contribution in [1.29, 1.82) is 10.5 Å². The van der Waals surface area contributed by atoms with Crippen LogP contribution < -0.4 is 18.9 Å². The van der Waals surface area contributed by atoms with Crippen molar-refractivity contribution in [3.8, 4) is 46.6 Å². The Balaban J connectivity index is 1.44. The van der Waals surface area contributed by atoms with E-state index in [2.05, 4.69) is 61.8 Å². The highest BCUT2D eigenvalue weighted by Crippen LogP contribution is 2.68. The van der Waals surface area contributed by atoms with Crippen molar-refractivity contribution in [3.63, 3.8) is 0 Å². The predicted octanol–water partition coefficient (Wildman–Crippen LogP) is 8.80. The number of likely N-dealkylation sites (tertiary alicyclic amines) is 2. The summed E-state index contributed by atoms with van der Waals surface area (Å²) in [4.78, 5) is 5.12. The first-order valence-electron chi connectivity index (χ1n) is 18.7. The molecule has 3 aromatic carbocycles. The second-order valence-electron chi connectivity index (χ2n) is 16.9. The van der Waals surface area contributed by atoms with Gasteiger partial charge in [0, 0.05) is 29.6 Å². The van der Waals surface area contributed by atoms with Gasteiger partial charge < -0.3 is 18.9 Å². The molecule has 0 bridgehead atoms. The lowest BCUT2D eigenvalue weighted by molar-refractivity contribution is 0.300. The van der Waals surface area contributed by atoms with Gasteiger partial charge in [-0.05, 0) is 135 Å². The van der Waals surface area contributed by atoms with Crippen molar-refractivity contribution in [2.45, 2.75) is 109 Å². The smallest absolute Gasteiger partial charge is 0.189 e. The van der Waals surface area contributed by atoms with Crippen molar-refractivity contribution in [2.24, 2.45) is 0 Å². The number of hydrogen-bond acceptors (Lipinski definition) is 8. The van der Waals surface area contributed by atoms with E-state index in [9.17, 15) is 10.5 Å². The normalized spacial score (nSPS) is 22.4. The maximum Gasteiger partial charge on any atom is 0.189 e. The Bertz CT molecular complexity index is 2060. The molecule has 3 aliphatic heterocycles. The van der Waals surface area contributed by atoms with Crippen LogP contribution in [0.15, 0.2) is 12.1 Å². The minimum absolute atomic E-state index is 0.137. The molecule has 8 heteroatoms. The molecule has 1 spiro atoms. The monoisotopic (exact) mass is 686 g/mol. The first-order chi connectivity index (χ1) is 24.4. The molecule has 2 fully saturated rings. The molecule has 266 valence electrons. The lowest BCUT2D eigenvalue weighted by Gasteiger charge is -2.36. The molecule has 2 saturated heterocycles. The number of nitriles is 2. The van der Waals surface area contributed by atoms with Crippen LogP contribution in [0.1, 0.15) is 122 Å². The molecule has 1 unspecified atom stereocenters. The molecule has 3 aromatic rings. The number of rotatable bonds is 6. The zero-order chi connectivity index (χ0) is 36.0. The zero-order valence-corrected chi connectivity index (χ0v) is 31.6. The van der Waals surface area contributed by atoms with Gasteiger partial charge in [0.2, 0.25) is 0 Å². The van der Waals surface area contributed by atoms with E-state index in [1.807, 2.05) is 13.8 Å². The second kappa shape index (κ2) is 11.9. The SMILES string of the molecule is COc1cc2c(c(CN3CCCC3)c1OC)C1(CC2(C)C)CC(C)(C)c2cc3c(c(CN4CCCC4)c21)Oc1c(C#N)c(C)c(C)c(C#N)c1O3. The van der Waals surface area contributed by atoms with Gasteiger partial charge in [0.25, 0.3) is 0 Å². The Morgan fingerprint density at radius 2 is 1.18 bits per heavy atom. The maximum atomic E-state index is 10.4. The minimum Gasteiger partial charge on any atom is -0.493 e. The first-order valence-corrected chi connectivity index (χ1v) is 18.7. The summed E-state index contributed by atoms with van der Waals surface area (Å²) in [7, 11) is 3.53. The summed E-state index contributed by atoms with van der Waals surface area (Å²) in [5.41, 5.74) is 9.42. The third-order valence-electron chi connectivity index (χ3n) is 12.8. The highest BCUT2D eigenvalue weighted by molar-refractivity contribution is 5.75. The molecule has 8 nitrogen and oxygen atoms in total. The summed E-state index contributed by atoms with van der Waals surface area (Å²) < 4.78 is 26.1. The van der Waals surface area contributed by atoms with E-state index in [1.165, 1.54) is 53.5 Å². The van der Waals surface area contributed by atoms with Crippen LogP contribution in [-0.2, 0) is 29.3 Å². The van der Waals surface area contributed by atoms with Gasteiger partial charge >= 0.3 is 0 Å². The lowest BCUT2D eigenvalue weighted by Crippen LogP contribution is -2.31. The number of nitrogens with zero attached hydrogens (tertiary/aromatic N) is 4. The molecule has 3 heterocycles. The number of hydrogen-bond donors (Lipinski definition) is 0. The number of ether oxygens (including phenoxy) is 4. The summed E-state index contributed by atoms with van der Waals surface area (Å²) in [6, 6.07) is 9.19. The van der Waals surface area contributed by atoms with Gasteiger partial charge in [-0.2, -0.15) is 10.5 Å². The van der Waals surface area contributed by atoms with Crippen molar-refractivity contribution >= 4 is 0 Å². The Labute approximate surface area is 302 Å². The molecule has 1 atom stereocenters.